The maximum atomic E-state index is 14.4. The van der Waals surface area contributed by atoms with Gasteiger partial charge in [-0.15, -0.1) is 11.3 Å². The van der Waals surface area contributed by atoms with Crippen LogP contribution in [0.5, 0.6) is 17.4 Å². The van der Waals surface area contributed by atoms with E-state index in [4.69, 9.17) is 35.5 Å². The number of piperazine rings is 1. The van der Waals surface area contributed by atoms with E-state index in [0.717, 1.165) is 59.8 Å². The number of allylic oxidation sites excluding steroid dienone is 5. The number of carbonyl (C=O) groups is 1. The highest BCUT2D eigenvalue weighted by Gasteiger charge is 2.32. The molecule has 0 amide bonds. The molecule has 67 heavy (non-hydrogen) atoms. The van der Waals surface area contributed by atoms with Crippen LogP contribution in [0.4, 0.5) is 4.39 Å². The molecule has 1 N–H and O–H groups in total. The van der Waals surface area contributed by atoms with Crippen LogP contribution in [0.25, 0.3) is 26.2 Å². The van der Waals surface area contributed by atoms with Crippen molar-refractivity contribution in [1.29, 1.82) is 0 Å². The highest BCUT2D eigenvalue weighted by atomic mass is 35.5. The number of hydrogen-bond acceptors (Lipinski definition) is 14. The minimum atomic E-state index is -3.06. The van der Waals surface area contributed by atoms with Gasteiger partial charge in [-0.2, -0.15) is 0 Å². The topological polar surface area (TPSA) is 166 Å². The molecular weight excluding hydrogens is 919 g/mol. The van der Waals surface area contributed by atoms with E-state index in [2.05, 4.69) is 37.9 Å². The Morgan fingerprint density at radius 2 is 1.79 bits per heavy atom. The largest absolute Gasteiger partial charge is 0.490 e. The Morgan fingerprint density at radius 3 is 2.51 bits per heavy atom. The number of aliphatic carboxylic acids is 1. The Labute approximate surface area is 398 Å². The Bertz CT molecular complexity index is 2870. The van der Waals surface area contributed by atoms with Crippen LogP contribution in [0.1, 0.15) is 68.1 Å². The zero-order chi connectivity index (χ0) is 46.8. The Hall–Kier alpha value is -5.46. The summed E-state index contributed by atoms with van der Waals surface area (Å²) in [6, 6.07) is 13.2. The Morgan fingerprint density at radius 1 is 1.03 bits per heavy atom. The number of benzene rings is 2. The third-order valence-corrected chi connectivity index (χ3v) is 16.0. The highest BCUT2D eigenvalue weighted by molar-refractivity contribution is 7.91. The minimum absolute atomic E-state index is 0.0292. The molecule has 1 aliphatic carbocycles. The maximum absolute atomic E-state index is 14.4. The van der Waals surface area contributed by atoms with Crippen molar-refractivity contribution in [3.63, 3.8) is 0 Å². The molecule has 0 saturated carbocycles. The van der Waals surface area contributed by atoms with E-state index in [9.17, 15) is 22.7 Å². The lowest BCUT2D eigenvalue weighted by molar-refractivity contribution is -0.145. The third-order valence-electron chi connectivity index (χ3n) is 12.7. The predicted molar refractivity (Wildman–Crippen MR) is 255 cm³/mol. The SMILES string of the molecule is CC/C1=C(C)\C(Cl)=C(/C2=CC2)O[C@H](CN2CCN(C)CC2)COc2ccc(OCc3ccnc(C4CCS(=O)(=O)CC4)n3)c(c2)C[C@H](C(=O)O)Oc2ncnc3sc(-c4ccc(F)cc4)c1c23. The summed E-state index contributed by atoms with van der Waals surface area (Å²) in [6.07, 6.45) is 5.14. The van der Waals surface area contributed by atoms with Gasteiger partial charge in [-0.1, -0.05) is 36.7 Å². The molecule has 2 fully saturated rings. The standard InChI is InChI=1S/C49H52ClFN6O8S2/c1-4-38-29(2)43(50)44(30-5-6-30)64-37(25-57-19-17-56(3)18-20-57)27-62-36-11-12-39(63-26-35-13-16-52-46(55-35)32-14-21-67(60,61)22-15-32)33(23-36)24-40(49(58)59)65-47-42-41(38)45(66-48(42)54-28-53-47)31-7-9-34(51)10-8-31/h5,7-13,16,23,28,32,37,40H,4,6,14-15,17-22,24-27H2,1-3H3,(H,58,59)/b38-29+,44-43-/t37-,40-/m1/s1. The molecular formula is C49H52ClFN6O8S2. The van der Waals surface area contributed by atoms with Crippen LogP contribution in [0.15, 0.2) is 89.1 Å². The van der Waals surface area contributed by atoms with Gasteiger partial charge >= 0.3 is 5.97 Å². The van der Waals surface area contributed by atoms with Crippen LogP contribution < -0.4 is 14.2 Å². The lowest BCUT2D eigenvalue weighted by Crippen LogP contribution is -2.48. The number of carboxylic acid groups (broad SMARTS) is 1. The molecule has 2 saturated heterocycles. The number of thiophene rings is 1. The number of aromatic nitrogens is 4. The van der Waals surface area contributed by atoms with Crippen molar-refractivity contribution >= 4 is 54.5 Å². The molecule has 352 valence electrons. The van der Waals surface area contributed by atoms with E-state index < -0.39 is 28.0 Å². The van der Waals surface area contributed by atoms with Crippen molar-refractivity contribution in [2.24, 2.45) is 0 Å². The lowest BCUT2D eigenvalue weighted by Gasteiger charge is -2.35. The first-order valence-corrected chi connectivity index (χ1v) is 25.5. The monoisotopic (exact) mass is 970 g/mol. The zero-order valence-electron chi connectivity index (χ0n) is 37.5. The molecule has 2 bridgehead atoms. The normalized spacial score (nSPS) is 23.1. The minimum Gasteiger partial charge on any atom is -0.490 e. The first kappa shape index (κ1) is 46.6. The molecule has 2 aromatic carbocycles. The van der Waals surface area contributed by atoms with Crippen LogP contribution in [0, 0.1) is 5.82 Å². The van der Waals surface area contributed by atoms with Crippen molar-refractivity contribution < 1.29 is 41.7 Å². The van der Waals surface area contributed by atoms with Gasteiger partial charge in [-0.25, -0.2) is 37.5 Å². The molecule has 6 heterocycles. The maximum Gasteiger partial charge on any atom is 0.345 e. The molecule has 9 rings (SSSR count). The number of nitrogens with zero attached hydrogens (tertiary/aromatic N) is 6. The average Bonchev–Trinajstić information content (AvgIpc) is 4.10. The summed E-state index contributed by atoms with van der Waals surface area (Å²) < 4.78 is 65.1. The van der Waals surface area contributed by atoms with Crippen LogP contribution >= 0.6 is 22.9 Å². The number of sulfone groups is 1. The second-order valence-electron chi connectivity index (χ2n) is 17.4. The molecule has 0 unspecified atom stereocenters. The number of ether oxygens (including phenoxy) is 4. The number of likely N-dealkylation sites (N-methyl/N-ethyl adjacent to an activating group) is 1. The fourth-order valence-electron chi connectivity index (χ4n) is 8.77. The Kier molecular flexibility index (Phi) is 13.9. The van der Waals surface area contributed by atoms with Gasteiger partial charge in [0.1, 0.15) is 69.2 Å². The summed E-state index contributed by atoms with van der Waals surface area (Å²) in [5.74, 6) is 0.557. The first-order chi connectivity index (χ1) is 32.3. The second-order valence-corrected chi connectivity index (χ2v) is 21.1. The van der Waals surface area contributed by atoms with Crippen LogP contribution in [-0.4, -0.2) is 119 Å². The number of carboxylic acids is 1. The first-order valence-electron chi connectivity index (χ1n) is 22.5. The average molecular weight is 972 g/mol. The van der Waals surface area contributed by atoms with E-state index in [1.807, 2.05) is 13.8 Å². The molecule has 0 radical (unpaired) electrons. The number of rotatable bonds is 10. The lowest BCUT2D eigenvalue weighted by atomic mass is 9.93. The van der Waals surface area contributed by atoms with E-state index in [-0.39, 0.29) is 48.8 Å². The zero-order valence-corrected chi connectivity index (χ0v) is 39.9. The summed E-state index contributed by atoms with van der Waals surface area (Å²) >= 11 is 8.88. The van der Waals surface area contributed by atoms with Crippen molar-refractivity contribution in [3.05, 3.63) is 118 Å². The fourth-order valence-corrected chi connectivity index (χ4v) is 11.7. The van der Waals surface area contributed by atoms with Crippen molar-refractivity contribution in [2.75, 3.05) is 57.9 Å². The van der Waals surface area contributed by atoms with Gasteiger partial charge in [0.25, 0.3) is 0 Å². The summed E-state index contributed by atoms with van der Waals surface area (Å²) in [5.41, 5.74) is 5.09. The molecule has 2 atom stereocenters. The van der Waals surface area contributed by atoms with Gasteiger partial charge in [-0.05, 0) is 98.3 Å². The van der Waals surface area contributed by atoms with E-state index in [0.29, 0.717) is 81.0 Å². The van der Waals surface area contributed by atoms with Crippen molar-refractivity contribution in [3.8, 4) is 27.8 Å². The van der Waals surface area contributed by atoms with Gasteiger partial charge < -0.3 is 29.0 Å². The van der Waals surface area contributed by atoms with Gasteiger partial charge in [0.05, 0.1) is 27.6 Å². The third kappa shape index (κ3) is 10.8. The fraction of sp³-hybridized carbons (Fsp3) is 0.408. The number of halogens is 2. The summed E-state index contributed by atoms with van der Waals surface area (Å²) in [7, 11) is -0.950. The molecule has 0 spiro atoms. The van der Waals surface area contributed by atoms with E-state index in [1.54, 1.807) is 42.6 Å². The summed E-state index contributed by atoms with van der Waals surface area (Å²) in [6.45, 7) is 8.28. The van der Waals surface area contributed by atoms with E-state index >= 15 is 0 Å². The molecule has 5 aromatic rings. The van der Waals surface area contributed by atoms with Gasteiger partial charge in [0, 0.05) is 67.3 Å². The van der Waals surface area contributed by atoms with Crippen LogP contribution in [0.3, 0.4) is 0 Å². The summed E-state index contributed by atoms with van der Waals surface area (Å²) in [4.78, 5) is 37.7. The second kappa shape index (κ2) is 20.0. The molecule has 3 aliphatic heterocycles. The van der Waals surface area contributed by atoms with Crippen LogP contribution in [0.2, 0.25) is 0 Å². The number of fused-ring (bicyclic) bond motifs is 2. The van der Waals surface area contributed by atoms with Crippen molar-refractivity contribution in [1.82, 2.24) is 29.7 Å². The molecule has 14 nitrogen and oxygen atoms in total. The quantitative estimate of drug-likeness (QED) is 0.142. The molecule has 4 aliphatic rings. The molecule has 3 aromatic heterocycles. The summed E-state index contributed by atoms with van der Waals surface area (Å²) in [5, 5.41) is 11.8. The highest BCUT2D eigenvalue weighted by Crippen LogP contribution is 2.48. The van der Waals surface area contributed by atoms with Crippen molar-refractivity contribution in [2.45, 2.75) is 70.7 Å². The predicted octanol–water partition coefficient (Wildman–Crippen LogP) is 8.22. The van der Waals surface area contributed by atoms with Gasteiger partial charge in [-0.3, -0.25) is 4.90 Å². The number of hydrogen-bond donors (Lipinski definition) is 1. The van der Waals surface area contributed by atoms with Crippen LogP contribution in [-0.2, 0) is 32.4 Å². The van der Waals surface area contributed by atoms with E-state index in [1.165, 1.54) is 29.8 Å². The smallest absolute Gasteiger partial charge is 0.345 e. The Balaban J connectivity index is 1.14. The van der Waals surface area contributed by atoms with Gasteiger partial charge in [0.2, 0.25) is 12.0 Å². The van der Waals surface area contributed by atoms with Gasteiger partial charge in [0.15, 0.2) is 0 Å². The molecule has 18 heteroatoms.